The second-order valence-corrected chi connectivity index (χ2v) is 5.82. The van der Waals surface area contributed by atoms with Crippen molar-refractivity contribution in [3.05, 3.63) is 70.0 Å². The van der Waals surface area contributed by atoms with Crippen LogP contribution in [-0.4, -0.2) is 17.0 Å². The second kappa shape index (κ2) is 6.13. The SMILES string of the molecule is CONC(=O)c1ccc(Cn2sc3ccccc3c2=O)cc1. The number of amides is 1. The number of hydrogen-bond donors (Lipinski definition) is 1. The molecule has 1 amide bonds. The van der Waals surface area contributed by atoms with Crippen molar-refractivity contribution in [1.29, 1.82) is 0 Å². The summed E-state index contributed by atoms with van der Waals surface area (Å²) < 4.78 is 2.69. The lowest BCUT2D eigenvalue weighted by atomic mass is 10.1. The largest absolute Gasteiger partial charge is 0.277 e. The highest BCUT2D eigenvalue weighted by Crippen LogP contribution is 2.17. The van der Waals surface area contributed by atoms with E-state index in [1.807, 2.05) is 36.4 Å². The van der Waals surface area contributed by atoms with Gasteiger partial charge in [0, 0.05) is 5.56 Å². The van der Waals surface area contributed by atoms with Crippen LogP contribution >= 0.6 is 11.5 Å². The minimum absolute atomic E-state index is 0.0156. The average Bonchev–Trinajstić information content (AvgIpc) is 2.85. The molecule has 5 nitrogen and oxygen atoms in total. The van der Waals surface area contributed by atoms with Gasteiger partial charge >= 0.3 is 0 Å². The van der Waals surface area contributed by atoms with Crippen LogP contribution in [0.3, 0.4) is 0 Å². The number of hydroxylamine groups is 1. The van der Waals surface area contributed by atoms with Gasteiger partial charge in [-0.25, -0.2) is 5.48 Å². The molecule has 0 aliphatic carbocycles. The summed E-state index contributed by atoms with van der Waals surface area (Å²) in [7, 11) is 1.39. The Labute approximate surface area is 130 Å². The molecule has 0 unspecified atom stereocenters. The minimum atomic E-state index is -0.298. The first-order valence-electron chi connectivity index (χ1n) is 6.70. The lowest BCUT2D eigenvalue weighted by molar-refractivity contribution is 0.0537. The first-order chi connectivity index (χ1) is 10.7. The molecular formula is C16H14N2O3S. The molecule has 0 atom stereocenters. The van der Waals surface area contributed by atoms with Crippen LogP contribution in [0, 0.1) is 0 Å². The maximum atomic E-state index is 12.3. The van der Waals surface area contributed by atoms with Gasteiger partial charge in [-0.15, -0.1) is 0 Å². The van der Waals surface area contributed by atoms with Crippen LogP contribution in [0.15, 0.2) is 53.3 Å². The van der Waals surface area contributed by atoms with Crippen LogP contribution in [0.4, 0.5) is 0 Å². The van der Waals surface area contributed by atoms with Crippen molar-refractivity contribution in [3.8, 4) is 0 Å². The Morgan fingerprint density at radius 1 is 1.18 bits per heavy atom. The zero-order valence-electron chi connectivity index (χ0n) is 11.9. The van der Waals surface area contributed by atoms with E-state index in [-0.39, 0.29) is 11.5 Å². The van der Waals surface area contributed by atoms with Crippen molar-refractivity contribution in [2.24, 2.45) is 0 Å². The zero-order chi connectivity index (χ0) is 15.5. The number of nitrogens with one attached hydrogen (secondary N) is 1. The summed E-state index contributed by atoms with van der Waals surface area (Å²) in [4.78, 5) is 28.5. The zero-order valence-corrected chi connectivity index (χ0v) is 12.7. The van der Waals surface area contributed by atoms with Crippen molar-refractivity contribution in [3.63, 3.8) is 0 Å². The van der Waals surface area contributed by atoms with E-state index in [2.05, 4.69) is 10.3 Å². The van der Waals surface area contributed by atoms with Gasteiger partial charge < -0.3 is 0 Å². The summed E-state index contributed by atoms with van der Waals surface area (Å²) in [6.45, 7) is 0.490. The van der Waals surface area contributed by atoms with Crippen LogP contribution in [0.2, 0.25) is 0 Å². The van der Waals surface area contributed by atoms with Crippen molar-refractivity contribution >= 4 is 27.5 Å². The number of rotatable bonds is 4. The summed E-state index contributed by atoms with van der Waals surface area (Å²) in [5, 5.41) is 0.739. The molecule has 0 saturated carbocycles. The number of carbonyl (C=O) groups is 1. The highest BCUT2D eigenvalue weighted by atomic mass is 32.1. The van der Waals surface area contributed by atoms with Crippen molar-refractivity contribution in [1.82, 2.24) is 9.44 Å². The van der Waals surface area contributed by atoms with Crippen LogP contribution in [0.1, 0.15) is 15.9 Å². The lowest BCUT2D eigenvalue weighted by Crippen LogP contribution is -2.21. The summed E-state index contributed by atoms with van der Waals surface area (Å²) in [5.74, 6) is -0.298. The molecule has 22 heavy (non-hydrogen) atoms. The van der Waals surface area contributed by atoms with Crippen LogP contribution < -0.4 is 11.0 Å². The molecule has 1 heterocycles. The third-order valence-corrected chi connectivity index (χ3v) is 4.36. The molecule has 1 N–H and O–H groups in total. The van der Waals surface area contributed by atoms with Gasteiger partial charge in [0.2, 0.25) is 0 Å². The maximum absolute atomic E-state index is 12.3. The molecule has 0 aliphatic rings. The van der Waals surface area contributed by atoms with Gasteiger partial charge in [0.1, 0.15) is 0 Å². The van der Waals surface area contributed by atoms with E-state index in [9.17, 15) is 9.59 Å². The molecule has 1 aromatic heterocycles. The number of hydrogen-bond acceptors (Lipinski definition) is 4. The molecule has 0 radical (unpaired) electrons. The quantitative estimate of drug-likeness (QED) is 0.752. The molecule has 3 rings (SSSR count). The topological polar surface area (TPSA) is 60.3 Å². The lowest BCUT2D eigenvalue weighted by Gasteiger charge is -2.04. The molecule has 6 heteroatoms. The van der Waals surface area contributed by atoms with Gasteiger partial charge in [0.15, 0.2) is 0 Å². The third-order valence-electron chi connectivity index (χ3n) is 3.29. The number of carbonyl (C=O) groups excluding carboxylic acids is 1. The van der Waals surface area contributed by atoms with E-state index in [0.29, 0.717) is 12.1 Å². The Kier molecular flexibility index (Phi) is 4.04. The van der Waals surface area contributed by atoms with Gasteiger partial charge in [-0.1, -0.05) is 35.8 Å². The Morgan fingerprint density at radius 2 is 1.91 bits per heavy atom. The van der Waals surface area contributed by atoms with Crippen LogP contribution in [-0.2, 0) is 11.4 Å². The molecule has 112 valence electrons. The molecule has 0 saturated heterocycles. The van der Waals surface area contributed by atoms with Crippen molar-refractivity contribution < 1.29 is 9.63 Å². The molecule has 0 aliphatic heterocycles. The van der Waals surface area contributed by atoms with Crippen LogP contribution in [0.25, 0.3) is 10.1 Å². The maximum Gasteiger partial charge on any atom is 0.274 e. The molecule has 0 bridgehead atoms. The average molecular weight is 314 g/mol. The van der Waals surface area contributed by atoms with Gasteiger partial charge in [-0.05, 0) is 29.8 Å². The van der Waals surface area contributed by atoms with Gasteiger partial charge in [0.05, 0.1) is 23.7 Å². The smallest absolute Gasteiger partial charge is 0.274 e. The van der Waals surface area contributed by atoms with Gasteiger partial charge in [-0.3, -0.25) is 18.4 Å². The van der Waals surface area contributed by atoms with E-state index in [1.54, 1.807) is 16.1 Å². The molecule has 0 fully saturated rings. The summed E-state index contributed by atoms with van der Waals surface area (Å²) in [6.07, 6.45) is 0. The van der Waals surface area contributed by atoms with Crippen molar-refractivity contribution in [2.45, 2.75) is 6.54 Å². The fourth-order valence-electron chi connectivity index (χ4n) is 2.20. The molecule has 3 aromatic rings. The minimum Gasteiger partial charge on any atom is -0.277 e. The Morgan fingerprint density at radius 3 is 2.59 bits per heavy atom. The molecule has 0 spiro atoms. The monoisotopic (exact) mass is 314 g/mol. The van der Waals surface area contributed by atoms with Gasteiger partial charge in [0.25, 0.3) is 11.5 Å². The van der Waals surface area contributed by atoms with E-state index >= 15 is 0 Å². The number of benzene rings is 2. The second-order valence-electron chi connectivity index (χ2n) is 4.76. The highest BCUT2D eigenvalue weighted by Gasteiger charge is 2.08. The predicted molar refractivity (Wildman–Crippen MR) is 86.1 cm³/mol. The van der Waals surface area contributed by atoms with E-state index < -0.39 is 0 Å². The summed E-state index contributed by atoms with van der Waals surface area (Å²) >= 11 is 1.44. The fourth-order valence-corrected chi connectivity index (χ4v) is 3.23. The Hall–Kier alpha value is -2.44. The Balaban J connectivity index is 1.84. The predicted octanol–water partition coefficient (Wildman–Crippen LogP) is 2.40. The first kappa shape index (κ1) is 14.5. The fraction of sp³-hybridized carbons (Fsp3) is 0.125. The normalized spacial score (nSPS) is 10.8. The summed E-state index contributed by atoms with van der Waals surface area (Å²) in [5.41, 5.74) is 3.75. The van der Waals surface area contributed by atoms with E-state index in [0.717, 1.165) is 15.6 Å². The molecule has 2 aromatic carbocycles. The summed E-state index contributed by atoms with van der Waals surface area (Å²) in [6, 6.07) is 14.7. The number of aromatic nitrogens is 1. The van der Waals surface area contributed by atoms with E-state index in [4.69, 9.17) is 0 Å². The number of nitrogens with zero attached hydrogens (tertiary/aromatic N) is 1. The highest BCUT2D eigenvalue weighted by molar-refractivity contribution is 7.13. The molecular weight excluding hydrogens is 300 g/mol. The first-order valence-corrected chi connectivity index (χ1v) is 7.47. The number of fused-ring (bicyclic) bond motifs is 1. The standard InChI is InChI=1S/C16H14N2O3S/c1-21-17-15(19)12-8-6-11(7-9-12)10-18-16(20)13-4-2-3-5-14(13)22-18/h2-9H,10H2,1H3,(H,17,19). The van der Waals surface area contributed by atoms with Crippen LogP contribution in [0.5, 0.6) is 0 Å². The Bertz CT molecular complexity index is 865. The third kappa shape index (κ3) is 2.79. The van der Waals surface area contributed by atoms with Gasteiger partial charge in [-0.2, -0.15) is 0 Å². The van der Waals surface area contributed by atoms with E-state index in [1.165, 1.54) is 18.6 Å². The van der Waals surface area contributed by atoms with Crippen molar-refractivity contribution in [2.75, 3.05) is 7.11 Å².